The number of fused-ring (bicyclic) bond motifs is 1. The Hall–Kier alpha value is -1.79. The summed E-state index contributed by atoms with van der Waals surface area (Å²) in [5, 5.41) is 0. The van der Waals surface area contributed by atoms with Crippen LogP contribution < -0.4 is 9.47 Å². The average molecular weight is 389 g/mol. The van der Waals surface area contributed by atoms with Crippen LogP contribution in [0.2, 0.25) is 0 Å². The summed E-state index contributed by atoms with van der Waals surface area (Å²) in [5.74, 6) is 2.46. The molecule has 4 rings (SSSR count). The number of piperidine rings is 1. The van der Waals surface area contributed by atoms with Gasteiger partial charge in [0.25, 0.3) is 0 Å². The lowest BCUT2D eigenvalue weighted by Crippen LogP contribution is -2.46. The molecule has 0 N–H and O–H groups in total. The molecule has 1 aromatic rings. The Balaban J connectivity index is 1.37. The summed E-state index contributed by atoms with van der Waals surface area (Å²) in [6.45, 7) is 10.4. The summed E-state index contributed by atoms with van der Waals surface area (Å²) in [4.78, 5) is 17.1. The number of benzene rings is 1. The molecule has 154 valence electrons. The van der Waals surface area contributed by atoms with Crippen LogP contribution in [0.1, 0.15) is 37.8 Å². The zero-order valence-corrected chi connectivity index (χ0v) is 17.1. The van der Waals surface area contributed by atoms with Crippen molar-refractivity contribution in [3.8, 4) is 11.5 Å². The average Bonchev–Trinajstić information content (AvgIpc) is 3.08. The van der Waals surface area contributed by atoms with Crippen molar-refractivity contribution < 1.29 is 19.0 Å². The second-order valence-corrected chi connectivity index (χ2v) is 8.12. The first-order valence-electron chi connectivity index (χ1n) is 10.7. The van der Waals surface area contributed by atoms with Gasteiger partial charge in [-0.25, -0.2) is 0 Å². The Morgan fingerprint density at radius 1 is 1.18 bits per heavy atom. The maximum absolute atomic E-state index is 12.7. The molecule has 1 amide bonds. The van der Waals surface area contributed by atoms with Crippen LogP contribution >= 0.6 is 0 Å². The quantitative estimate of drug-likeness (QED) is 0.776. The molecule has 1 unspecified atom stereocenters. The van der Waals surface area contributed by atoms with E-state index in [2.05, 4.69) is 24.0 Å². The third kappa shape index (κ3) is 4.28. The molecule has 3 aliphatic rings. The van der Waals surface area contributed by atoms with E-state index in [0.29, 0.717) is 25.7 Å². The highest BCUT2D eigenvalue weighted by Crippen LogP contribution is 2.36. The van der Waals surface area contributed by atoms with E-state index < -0.39 is 0 Å². The Bertz CT molecular complexity index is 694. The number of nitrogens with zero attached hydrogens (tertiary/aromatic N) is 2. The summed E-state index contributed by atoms with van der Waals surface area (Å²) in [6, 6.07) is 4.32. The Morgan fingerprint density at radius 3 is 2.64 bits per heavy atom. The molecule has 0 aromatic heterocycles. The Labute approximate surface area is 167 Å². The van der Waals surface area contributed by atoms with Crippen molar-refractivity contribution in [3.63, 3.8) is 0 Å². The molecule has 1 atom stereocenters. The van der Waals surface area contributed by atoms with Crippen LogP contribution in [0.3, 0.4) is 0 Å². The van der Waals surface area contributed by atoms with Crippen LogP contribution in [0.25, 0.3) is 0 Å². The predicted molar refractivity (Wildman–Crippen MR) is 107 cm³/mol. The maximum atomic E-state index is 12.7. The van der Waals surface area contributed by atoms with Crippen molar-refractivity contribution in [1.82, 2.24) is 9.80 Å². The van der Waals surface area contributed by atoms with E-state index in [1.54, 1.807) is 0 Å². The van der Waals surface area contributed by atoms with E-state index in [4.69, 9.17) is 14.2 Å². The van der Waals surface area contributed by atoms with Crippen molar-refractivity contribution in [1.29, 1.82) is 0 Å². The van der Waals surface area contributed by atoms with Crippen LogP contribution in [-0.4, -0.2) is 67.8 Å². The highest BCUT2D eigenvalue weighted by molar-refractivity contribution is 5.79. The molecular formula is C22H32N2O4. The van der Waals surface area contributed by atoms with Crippen LogP contribution in [0, 0.1) is 5.92 Å². The van der Waals surface area contributed by atoms with Gasteiger partial charge in [0.05, 0.1) is 19.8 Å². The number of amides is 1. The van der Waals surface area contributed by atoms with Gasteiger partial charge in [0.1, 0.15) is 17.6 Å². The lowest BCUT2D eigenvalue weighted by molar-refractivity contribution is -0.141. The van der Waals surface area contributed by atoms with Crippen molar-refractivity contribution in [3.05, 3.63) is 23.3 Å². The molecule has 0 aliphatic carbocycles. The van der Waals surface area contributed by atoms with Crippen molar-refractivity contribution in [2.24, 2.45) is 5.92 Å². The van der Waals surface area contributed by atoms with E-state index in [0.717, 1.165) is 63.5 Å². The highest BCUT2D eigenvalue weighted by atomic mass is 16.5. The number of likely N-dealkylation sites (tertiary alicyclic amines) is 1. The van der Waals surface area contributed by atoms with Gasteiger partial charge in [-0.3, -0.25) is 9.69 Å². The third-order valence-electron chi connectivity index (χ3n) is 6.03. The zero-order chi connectivity index (χ0) is 19.5. The Morgan fingerprint density at radius 2 is 1.93 bits per heavy atom. The fourth-order valence-electron chi connectivity index (χ4n) is 4.52. The first-order valence-corrected chi connectivity index (χ1v) is 10.7. The molecular weight excluding hydrogens is 356 g/mol. The van der Waals surface area contributed by atoms with E-state index in [1.165, 1.54) is 11.1 Å². The second kappa shape index (κ2) is 8.70. The number of morpholine rings is 1. The normalized spacial score (nSPS) is 23.4. The minimum Gasteiger partial charge on any atom is -0.494 e. The molecule has 6 nitrogen and oxygen atoms in total. The van der Waals surface area contributed by atoms with Gasteiger partial charge in [0.2, 0.25) is 5.91 Å². The molecule has 0 radical (unpaired) electrons. The topological polar surface area (TPSA) is 51.2 Å². The summed E-state index contributed by atoms with van der Waals surface area (Å²) < 4.78 is 17.2. The zero-order valence-electron chi connectivity index (χ0n) is 17.1. The summed E-state index contributed by atoms with van der Waals surface area (Å²) in [6.07, 6.45) is 3.05. The SMILES string of the molecule is CCOc1cc2c(cc1CN1CCC(C(=O)N3CCOCC3)CC1)OC(C)C2. The number of rotatable bonds is 5. The predicted octanol–water partition coefficient (Wildman–Crippen LogP) is 2.48. The van der Waals surface area contributed by atoms with Gasteiger partial charge >= 0.3 is 0 Å². The van der Waals surface area contributed by atoms with Gasteiger partial charge in [-0.2, -0.15) is 0 Å². The third-order valence-corrected chi connectivity index (χ3v) is 6.03. The van der Waals surface area contributed by atoms with Gasteiger partial charge in [0.15, 0.2) is 0 Å². The van der Waals surface area contributed by atoms with E-state index >= 15 is 0 Å². The van der Waals surface area contributed by atoms with Crippen molar-refractivity contribution >= 4 is 5.91 Å². The summed E-state index contributed by atoms with van der Waals surface area (Å²) in [5.41, 5.74) is 2.43. The van der Waals surface area contributed by atoms with Gasteiger partial charge in [-0.1, -0.05) is 0 Å². The molecule has 0 spiro atoms. The summed E-state index contributed by atoms with van der Waals surface area (Å²) >= 11 is 0. The van der Waals surface area contributed by atoms with E-state index in [1.807, 2.05) is 11.8 Å². The molecule has 0 bridgehead atoms. The smallest absolute Gasteiger partial charge is 0.225 e. The van der Waals surface area contributed by atoms with Gasteiger partial charge in [-0.05, 0) is 51.9 Å². The van der Waals surface area contributed by atoms with Crippen LogP contribution in [0.4, 0.5) is 0 Å². The highest BCUT2D eigenvalue weighted by Gasteiger charge is 2.30. The van der Waals surface area contributed by atoms with Gasteiger partial charge in [-0.15, -0.1) is 0 Å². The molecule has 3 heterocycles. The number of hydrogen-bond donors (Lipinski definition) is 0. The summed E-state index contributed by atoms with van der Waals surface area (Å²) in [7, 11) is 0. The lowest BCUT2D eigenvalue weighted by Gasteiger charge is -2.35. The van der Waals surface area contributed by atoms with E-state index in [9.17, 15) is 4.79 Å². The molecule has 3 aliphatic heterocycles. The number of ether oxygens (including phenoxy) is 3. The minimum atomic E-state index is 0.157. The van der Waals surface area contributed by atoms with Crippen LogP contribution in [0.5, 0.6) is 11.5 Å². The first-order chi connectivity index (χ1) is 13.6. The second-order valence-electron chi connectivity index (χ2n) is 8.12. The molecule has 2 saturated heterocycles. The molecule has 6 heteroatoms. The fraction of sp³-hybridized carbons (Fsp3) is 0.682. The van der Waals surface area contributed by atoms with Crippen LogP contribution in [0.15, 0.2) is 12.1 Å². The van der Waals surface area contributed by atoms with Crippen LogP contribution in [-0.2, 0) is 22.5 Å². The standard InChI is InChI=1S/C22H32N2O4/c1-3-27-20-13-18-12-16(2)28-21(18)14-19(20)15-23-6-4-17(5-7-23)22(25)24-8-10-26-11-9-24/h13-14,16-17H,3-12,15H2,1-2H3. The molecule has 0 saturated carbocycles. The largest absolute Gasteiger partial charge is 0.494 e. The van der Waals surface area contributed by atoms with Gasteiger partial charge < -0.3 is 19.1 Å². The lowest BCUT2D eigenvalue weighted by atomic mass is 9.94. The Kier molecular flexibility index (Phi) is 6.07. The monoisotopic (exact) mass is 388 g/mol. The number of hydrogen-bond acceptors (Lipinski definition) is 5. The van der Waals surface area contributed by atoms with Crippen molar-refractivity contribution in [2.75, 3.05) is 46.0 Å². The molecule has 2 fully saturated rings. The maximum Gasteiger partial charge on any atom is 0.225 e. The fourth-order valence-corrected chi connectivity index (χ4v) is 4.52. The molecule has 28 heavy (non-hydrogen) atoms. The van der Waals surface area contributed by atoms with Gasteiger partial charge in [0, 0.05) is 43.1 Å². The molecule has 1 aromatic carbocycles. The van der Waals surface area contributed by atoms with E-state index in [-0.39, 0.29) is 12.0 Å². The number of carbonyl (C=O) groups is 1. The number of carbonyl (C=O) groups excluding carboxylic acids is 1. The minimum absolute atomic E-state index is 0.157. The first kappa shape index (κ1) is 19.5. The van der Waals surface area contributed by atoms with Crippen molar-refractivity contribution in [2.45, 2.75) is 45.8 Å².